The number of aromatic amines is 1. The van der Waals surface area contributed by atoms with Gasteiger partial charge in [-0.25, -0.2) is 9.07 Å². The summed E-state index contributed by atoms with van der Waals surface area (Å²) in [7, 11) is 0. The van der Waals surface area contributed by atoms with Gasteiger partial charge in [0.2, 0.25) is 0 Å². The van der Waals surface area contributed by atoms with Crippen LogP contribution in [0, 0.1) is 5.82 Å². The maximum absolute atomic E-state index is 13.5. The number of nitrogens with one attached hydrogen (secondary N) is 2. The fourth-order valence-electron chi connectivity index (χ4n) is 3.81. The van der Waals surface area contributed by atoms with E-state index >= 15 is 0 Å². The summed E-state index contributed by atoms with van der Waals surface area (Å²) in [4.78, 5) is 5.61. The molecule has 0 atom stereocenters. The molecule has 0 amide bonds. The highest BCUT2D eigenvalue weighted by molar-refractivity contribution is 5.97. The van der Waals surface area contributed by atoms with Gasteiger partial charge in [-0.2, -0.15) is 0 Å². The lowest BCUT2D eigenvalue weighted by molar-refractivity contribution is 0.230. The second-order valence-corrected chi connectivity index (χ2v) is 7.00. The second-order valence-electron chi connectivity index (χ2n) is 7.00. The number of aromatic nitrogens is 4. The molecule has 2 aromatic heterocycles. The molecule has 0 spiro atoms. The molecule has 0 aliphatic carbocycles. The van der Waals surface area contributed by atoms with Crippen LogP contribution in [0.5, 0.6) is 0 Å². The molecule has 0 saturated carbocycles. The Kier molecular flexibility index (Phi) is 4.10. The first-order valence-electron chi connectivity index (χ1n) is 9.31. The number of halogens is 1. The van der Waals surface area contributed by atoms with Crippen LogP contribution in [-0.2, 0) is 6.54 Å². The van der Waals surface area contributed by atoms with Gasteiger partial charge in [0, 0.05) is 55.4 Å². The molecule has 5 rings (SSSR count). The minimum atomic E-state index is -0.235. The predicted molar refractivity (Wildman–Crippen MR) is 104 cm³/mol. The summed E-state index contributed by atoms with van der Waals surface area (Å²) >= 11 is 0. The van der Waals surface area contributed by atoms with E-state index in [0.29, 0.717) is 0 Å². The van der Waals surface area contributed by atoms with Crippen molar-refractivity contribution in [2.75, 3.05) is 32.7 Å². The van der Waals surface area contributed by atoms with Crippen LogP contribution in [-0.4, -0.2) is 57.6 Å². The van der Waals surface area contributed by atoms with Crippen LogP contribution in [0.4, 0.5) is 4.39 Å². The van der Waals surface area contributed by atoms with Gasteiger partial charge in [0.1, 0.15) is 11.3 Å². The number of hydrogen-bond donors (Lipinski definition) is 2. The van der Waals surface area contributed by atoms with Gasteiger partial charge >= 0.3 is 0 Å². The lowest BCUT2D eigenvalue weighted by Crippen LogP contribution is -2.44. The smallest absolute Gasteiger partial charge is 0.125 e. The van der Waals surface area contributed by atoms with E-state index in [0.717, 1.165) is 72.3 Å². The van der Waals surface area contributed by atoms with E-state index in [1.807, 2.05) is 29.1 Å². The SMILES string of the molecule is Fc1ccc2c(-c3ccc4nnn(CCN5CCNCC5)c4c3)c[nH]c2c1. The number of fused-ring (bicyclic) bond motifs is 2. The lowest BCUT2D eigenvalue weighted by atomic mass is 10.0. The fourth-order valence-corrected chi connectivity index (χ4v) is 3.81. The zero-order valence-corrected chi connectivity index (χ0v) is 15.0. The fraction of sp³-hybridized carbons (Fsp3) is 0.300. The molecule has 27 heavy (non-hydrogen) atoms. The van der Waals surface area contributed by atoms with Crippen molar-refractivity contribution in [1.82, 2.24) is 30.2 Å². The first-order valence-corrected chi connectivity index (χ1v) is 9.31. The van der Waals surface area contributed by atoms with E-state index in [1.165, 1.54) is 12.1 Å². The Balaban J connectivity index is 1.47. The van der Waals surface area contributed by atoms with E-state index in [9.17, 15) is 4.39 Å². The van der Waals surface area contributed by atoms with Crippen molar-refractivity contribution in [3.63, 3.8) is 0 Å². The number of H-pyrrole nitrogens is 1. The number of piperazine rings is 1. The van der Waals surface area contributed by atoms with Crippen molar-refractivity contribution in [3.8, 4) is 11.1 Å². The number of hydrogen-bond acceptors (Lipinski definition) is 4. The van der Waals surface area contributed by atoms with E-state index in [4.69, 9.17) is 0 Å². The van der Waals surface area contributed by atoms with Crippen molar-refractivity contribution in [2.45, 2.75) is 6.54 Å². The van der Waals surface area contributed by atoms with Crippen molar-refractivity contribution in [2.24, 2.45) is 0 Å². The molecular formula is C20H21FN6. The number of benzene rings is 2. The first kappa shape index (κ1) is 16.4. The van der Waals surface area contributed by atoms with Crippen LogP contribution >= 0.6 is 0 Å². The highest BCUT2D eigenvalue weighted by atomic mass is 19.1. The van der Waals surface area contributed by atoms with Crippen molar-refractivity contribution in [1.29, 1.82) is 0 Å². The minimum absolute atomic E-state index is 0.235. The van der Waals surface area contributed by atoms with Crippen LogP contribution < -0.4 is 5.32 Å². The maximum atomic E-state index is 13.5. The summed E-state index contributed by atoms with van der Waals surface area (Å²) in [6, 6.07) is 11.0. The van der Waals surface area contributed by atoms with Crippen molar-refractivity contribution >= 4 is 21.9 Å². The molecule has 2 aromatic carbocycles. The third-order valence-electron chi connectivity index (χ3n) is 5.31. The molecule has 0 bridgehead atoms. The number of nitrogens with zero attached hydrogens (tertiary/aromatic N) is 4. The number of rotatable bonds is 4. The summed E-state index contributed by atoms with van der Waals surface area (Å²) in [6.07, 6.45) is 1.93. The van der Waals surface area contributed by atoms with Gasteiger partial charge in [0.25, 0.3) is 0 Å². The zero-order valence-electron chi connectivity index (χ0n) is 15.0. The standard InChI is InChI=1S/C20H21FN6/c21-15-2-3-16-17(13-23-19(16)12-15)14-1-4-18-20(11-14)27(25-24-18)10-9-26-7-5-22-6-8-26/h1-4,11-13,22-23H,5-10H2. The van der Waals surface area contributed by atoms with Crippen LogP contribution in [0.25, 0.3) is 33.1 Å². The third kappa shape index (κ3) is 3.09. The molecule has 2 N–H and O–H groups in total. The summed E-state index contributed by atoms with van der Waals surface area (Å²) in [5, 5.41) is 13.0. The summed E-state index contributed by atoms with van der Waals surface area (Å²) in [5.41, 5.74) is 4.85. The van der Waals surface area contributed by atoms with Crippen LogP contribution in [0.1, 0.15) is 0 Å². The molecule has 7 heteroatoms. The molecule has 6 nitrogen and oxygen atoms in total. The monoisotopic (exact) mass is 364 g/mol. The Morgan fingerprint density at radius 1 is 1.04 bits per heavy atom. The summed E-state index contributed by atoms with van der Waals surface area (Å²) in [5.74, 6) is -0.235. The Hall–Kier alpha value is -2.77. The molecule has 138 valence electrons. The van der Waals surface area contributed by atoms with Crippen LogP contribution in [0.2, 0.25) is 0 Å². The molecule has 1 aliphatic rings. The van der Waals surface area contributed by atoms with Gasteiger partial charge < -0.3 is 10.3 Å². The topological polar surface area (TPSA) is 61.8 Å². The predicted octanol–water partition coefficient (Wildman–Crippen LogP) is 2.62. The Morgan fingerprint density at radius 2 is 1.93 bits per heavy atom. The Labute approximate surface area is 156 Å². The quantitative estimate of drug-likeness (QED) is 0.584. The third-order valence-corrected chi connectivity index (χ3v) is 5.31. The zero-order chi connectivity index (χ0) is 18.2. The van der Waals surface area contributed by atoms with Gasteiger partial charge in [-0.3, -0.25) is 4.90 Å². The summed E-state index contributed by atoms with van der Waals surface area (Å²) in [6.45, 7) is 6.02. The van der Waals surface area contributed by atoms with Gasteiger partial charge in [0.05, 0.1) is 12.1 Å². The van der Waals surface area contributed by atoms with E-state index in [-0.39, 0.29) is 5.82 Å². The van der Waals surface area contributed by atoms with Gasteiger partial charge in [0.15, 0.2) is 0 Å². The van der Waals surface area contributed by atoms with Crippen molar-refractivity contribution < 1.29 is 4.39 Å². The maximum Gasteiger partial charge on any atom is 0.125 e. The van der Waals surface area contributed by atoms with E-state index in [1.54, 1.807) is 0 Å². The van der Waals surface area contributed by atoms with Crippen molar-refractivity contribution in [3.05, 3.63) is 48.4 Å². The summed E-state index contributed by atoms with van der Waals surface area (Å²) < 4.78 is 15.4. The van der Waals surface area contributed by atoms with Crippen LogP contribution in [0.15, 0.2) is 42.6 Å². The average Bonchev–Trinajstić information content (AvgIpc) is 3.30. The molecular weight excluding hydrogens is 343 g/mol. The average molecular weight is 364 g/mol. The van der Waals surface area contributed by atoms with Gasteiger partial charge in [-0.15, -0.1) is 5.10 Å². The minimum Gasteiger partial charge on any atom is -0.360 e. The highest BCUT2D eigenvalue weighted by Crippen LogP contribution is 2.30. The Morgan fingerprint density at radius 3 is 2.81 bits per heavy atom. The second kappa shape index (κ2) is 6.75. The highest BCUT2D eigenvalue weighted by Gasteiger charge is 2.13. The van der Waals surface area contributed by atoms with Gasteiger partial charge in [-0.1, -0.05) is 11.3 Å². The molecule has 1 aliphatic heterocycles. The molecule has 4 aromatic rings. The van der Waals surface area contributed by atoms with Gasteiger partial charge in [-0.05, 0) is 35.9 Å². The normalized spacial score (nSPS) is 15.7. The first-order chi connectivity index (χ1) is 13.3. The van der Waals surface area contributed by atoms with E-state index < -0.39 is 0 Å². The lowest BCUT2D eigenvalue weighted by Gasteiger charge is -2.26. The Bertz CT molecular complexity index is 1090. The van der Waals surface area contributed by atoms with Crippen LogP contribution in [0.3, 0.4) is 0 Å². The molecule has 1 fully saturated rings. The largest absolute Gasteiger partial charge is 0.360 e. The molecule has 3 heterocycles. The molecule has 1 saturated heterocycles. The van der Waals surface area contributed by atoms with E-state index in [2.05, 4.69) is 31.6 Å². The molecule has 0 unspecified atom stereocenters. The molecule has 0 radical (unpaired) electrons.